The number of carboxylic acid groups (broad SMARTS) is 1. The van der Waals surface area contributed by atoms with Crippen molar-refractivity contribution in [2.75, 3.05) is 6.54 Å². The Hall–Kier alpha value is -1.40. The summed E-state index contributed by atoms with van der Waals surface area (Å²) in [5.41, 5.74) is 0.599. The zero-order valence-corrected chi connectivity index (χ0v) is 13.1. The Kier molecular flexibility index (Phi) is 4.68. The number of carboxylic acids is 1. The third-order valence-electron chi connectivity index (χ3n) is 4.20. The van der Waals surface area contributed by atoms with Crippen molar-refractivity contribution < 1.29 is 18.3 Å². The predicted octanol–water partition coefficient (Wildman–Crippen LogP) is 2.12. The first-order valence-electron chi connectivity index (χ1n) is 7.15. The minimum Gasteiger partial charge on any atom is -0.481 e. The second-order valence-corrected chi connectivity index (χ2v) is 7.58. The summed E-state index contributed by atoms with van der Waals surface area (Å²) in [7, 11) is -3.50. The van der Waals surface area contributed by atoms with Gasteiger partial charge in [0.1, 0.15) is 0 Å². The molecule has 1 heterocycles. The molecule has 21 heavy (non-hydrogen) atoms. The molecule has 1 aliphatic rings. The number of nitrogens with zero attached hydrogens (tertiary/aromatic N) is 1. The maximum Gasteiger partial charge on any atom is 0.307 e. The molecule has 0 aliphatic carbocycles. The molecule has 2 unspecified atom stereocenters. The summed E-state index contributed by atoms with van der Waals surface area (Å²) in [6.07, 6.45) is 1.82. The molecule has 116 valence electrons. The van der Waals surface area contributed by atoms with E-state index in [1.165, 1.54) is 12.1 Å². The Morgan fingerprint density at radius 2 is 1.90 bits per heavy atom. The number of hydrogen-bond acceptors (Lipinski definition) is 3. The molecule has 5 nitrogen and oxygen atoms in total. The molecule has 0 spiro atoms. The summed E-state index contributed by atoms with van der Waals surface area (Å²) in [5, 5.41) is 8.74. The fourth-order valence-electron chi connectivity index (χ4n) is 2.73. The van der Waals surface area contributed by atoms with E-state index in [9.17, 15) is 13.2 Å². The van der Waals surface area contributed by atoms with Crippen molar-refractivity contribution in [3.05, 3.63) is 29.8 Å². The van der Waals surface area contributed by atoms with Gasteiger partial charge in [-0.15, -0.1) is 0 Å². The van der Waals surface area contributed by atoms with Crippen LogP contribution < -0.4 is 0 Å². The Bertz CT molecular complexity index is 609. The Morgan fingerprint density at radius 3 is 2.48 bits per heavy atom. The van der Waals surface area contributed by atoms with E-state index in [2.05, 4.69) is 6.92 Å². The lowest BCUT2D eigenvalue weighted by Crippen LogP contribution is -2.45. The number of hydrogen-bond donors (Lipinski definition) is 1. The van der Waals surface area contributed by atoms with Crippen LogP contribution >= 0.6 is 0 Å². The van der Waals surface area contributed by atoms with E-state index in [1.807, 2.05) is 6.92 Å². The first-order chi connectivity index (χ1) is 9.82. The van der Waals surface area contributed by atoms with Gasteiger partial charge in [-0.3, -0.25) is 4.79 Å². The van der Waals surface area contributed by atoms with Crippen LogP contribution in [-0.4, -0.2) is 36.4 Å². The van der Waals surface area contributed by atoms with E-state index in [4.69, 9.17) is 5.11 Å². The normalized spacial score (nSPS) is 23.9. The molecule has 2 atom stereocenters. The standard InChI is InChI=1S/C15H21NO4S/c1-11-4-3-9-16(12(11)2)21(19,20)14-7-5-13(6-8-14)10-15(17)18/h5-8,11-12H,3-4,9-10H2,1-2H3,(H,17,18). The molecule has 2 rings (SSSR count). The van der Waals surface area contributed by atoms with E-state index in [0.717, 1.165) is 12.8 Å². The minimum absolute atomic E-state index is 0.0116. The average Bonchev–Trinajstić information content (AvgIpc) is 2.41. The number of rotatable bonds is 4. The zero-order valence-electron chi connectivity index (χ0n) is 12.3. The molecule has 6 heteroatoms. The van der Waals surface area contributed by atoms with Crippen molar-refractivity contribution in [3.8, 4) is 0 Å². The molecule has 0 amide bonds. The van der Waals surface area contributed by atoms with E-state index < -0.39 is 16.0 Å². The first kappa shape index (κ1) is 16.0. The third kappa shape index (κ3) is 3.44. The van der Waals surface area contributed by atoms with E-state index in [1.54, 1.807) is 16.4 Å². The van der Waals surface area contributed by atoms with Gasteiger partial charge >= 0.3 is 5.97 Å². The largest absolute Gasteiger partial charge is 0.481 e. The lowest BCUT2D eigenvalue weighted by Gasteiger charge is -2.36. The highest BCUT2D eigenvalue weighted by atomic mass is 32.2. The number of sulfonamides is 1. The van der Waals surface area contributed by atoms with Gasteiger partial charge in [0, 0.05) is 12.6 Å². The SMILES string of the molecule is CC1CCCN(S(=O)(=O)c2ccc(CC(=O)O)cc2)C1C. The molecule has 0 radical (unpaired) electrons. The quantitative estimate of drug-likeness (QED) is 0.924. The number of piperidine rings is 1. The summed E-state index contributed by atoms with van der Waals surface area (Å²) in [5.74, 6) is -0.580. The van der Waals surface area contributed by atoms with Crippen LogP contribution in [0.1, 0.15) is 32.3 Å². The van der Waals surface area contributed by atoms with Crippen LogP contribution in [0, 0.1) is 5.92 Å². The maximum atomic E-state index is 12.7. The predicted molar refractivity (Wildman–Crippen MR) is 79.5 cm³/mol. The first-order valence-corrected chi connectivity index (χ1v) is 8.59. The molecular weight excluding hydrogens is 290 g/mol. The smallest absolute Gasteiger partial charge is 0.307 e. The van der Waals surface area contributed by atoms with Gasteiger partial charge in [0.25, 0.3) is 0 Å². The van der Waals surface area contributed by atoms with Gasteiger partial charge in [-0.1, -0.05) is 19.1 Å². The third-order valence-corrected chi connectivity index (χ3v) is 6.20. The highest BCUT2D eigenvalue weighted by Crippen LogP contribution is 2.28. The van der Waals surface area contributed by atoms with Crippen LogP contribution in [0.15, 0.2) is 29.2 Å². The summed E-state index contributed by atoms with van der Waals surface area (Å²) in [6.45, 7) is 4.56. The molecule has 1 N–H and O–H groups in total. The number of benzene rings is 1. The molecule has 0 aromatic heterocycles. The van der Waals surface area contributed by atoms with Crippen molar-refractivity contribution in [1.82, 2.24) is 4.31 Å². The average molecular weight is 311 g/mol. The van der Waals surface area contributed by atoms with E-state index in [-0.39, 0.29) is 17.4 Å². The Balaban J connectivity index is 2.25. The lowest BCUT2D eigenvalue weighted by atomic mass is 9.94. The van der Waals surface area contributed by atoms with Crippen molar-refractivity contribution in [1.29, 1.82) is 0 Å². The minimum atomic E-state index is -3.50. The maximum absolute atomic E-state index is 12.7. The van der Waals surface area contributed by atoms with Gasteiger partial charge in [-0.25, -0.2) is 8.42 Å². The van der Waals surface area contributed by atoms with Gasteiger partial charge in [0.2, 0.25) is 10.0 Å². The monoisotopic (exact) mass is 311 g/mol. The topological polar surface area (TPSA) is 74.7 Å². The Morgan fingerprint density at radius 1 is 1.29 bits per heavy atom. The molecule has 0 bridgehead atoms. The van der Waals surface area contributed by atoms with Gasteiger partial charge < -0.3 is 5.11 Å². The summed E-state index contributed by atoms with van der Waals surface area (Å²) in [6, 6.07) is 6.12. The van der Waals surface area contributed by atoms with Crippen LogP contribution in [0.4, 0.5) is 0 Å². The van der Waals surface area contributed by atoms with Crippen LogP contribution in [-0.2, 0) is 21.2 Å². The fraction of sp³-hybridized carbons (Fsp3) is 0.533. The number of carbonyl (C=O) groups is 1. The molecular formula is C15H21NO4S. The second kappa shape index (κ2) is 6.15. The van der Waals surface area contributed by atoms with Gasteiger partial charge in [0.15, 0.2) is 0 Å². The van der Waals surface area contributed by atoms with Crippen LogP contribution in [0.3, 0.4) is 0 Å². The van der Waals surface area contributed by atoms with Crippen LogP contribution in [0.2, 0.25) is 0 Å². The zero-order chi connectivity index (χ0) is 15.6. The van der Waals surface area contributed by atoms with Crippen molar-refractivity contribution >= 4 is 16.0 Å². The lowest BCUT2D eigenvalue weighted by molar-refractivity contribution is -0.136. The van der Waals surface area contributed by atoms with Crippen LogP contribution in [0.25, 0.3) is 0 Å². The summed E-state index contributed by atoms with van der Waals surface area (Å²) in [4.78, 5) is 10.9. The summed E-state index contributed by atoms with van der Waals surface area (Å²) >= 11 is 0. The van der Waals surface area contributed by atoms with E-state index >= 15 is 0 Å². The fourth-order valence-corrected chi connectivity index (χ4v) is 4.49. The van der Waals surface area contributed by atoms with Gasteiger partial charge in [-0.05, 0) is 43.4 Å². The Labute approximate surface area is 125 Å². The summed E-state index contributed by atoms with van der Waals surface area (Å²) < 4.78 is 26.9. The van der Waals surface area contributed by atoms with Crippen molar-refractivity contribution in [2.24, 2.45) is 5.92 Å². The number of aliphatic carboxylic acids is 1. The molecule has 1 saturated heterocycles. The molecule has 1 aromatic carbocycles. The highest BCUT2D eigenvalue weighted by Gasteiger charge is 2.34. The molecule has 1 aliphatic heterocycles. The molecule has 0 saturated carbocycles. The van der Waals surface area contributed by atoms with Crippen molar-refractivity contribution in [3.63, 3.8) is 0 Å². The highest BCUT2D eigenvalue weighted by molar-refractivity contribution is 7.89. The van der Waals surface area contributed by atoms with Gasteiger partial charge in [0.05, 0.1) is 11.3 Å². The van der Waals surface area contributed by atoms with Crippen molar-refractivity contribution in [2.45, 2.75) is 44.0 Å². The molecule has 1 fully saturated rings. The molecule has 1 aromatic rings. The van der Waals surface area contributed by atoms with E-state index in [0.29, 0.717) is 18.0 Å². The second-order valence-electron chi connectivity index (χ2n) is 5.69. The van der Waals surface area contributed by atoms with Crippen LogP contribution in [0.5, 0.6) is 0 Å². The van der Waals surface area contributed by atoms with Gasteiger partial charge in [-0.2, -0.15) is 4.31 Å².